The lowest BCUT2D eigenvalue weighted by molar-refractivity contribution is 0.256. The van der Waals surface area contributed by atoms with Crippen LogP contribution in [-0.4, -0.2) is 24.0 Å². The summed E-state index contributed by atoms with van der Waals surface area (Å²) in [4.78, 5) is 39.7. The first-order valence-electron chi connectivity index (χ1n) is 8.89. The number of nitrogens with zero attached hydrogens (tertiary/aromatic N) is 1. The number of amides is 2. The van der Waals surface area contributed by atoms with Crippen LogP contribution in [0.15, 0.2) is 62.3 Å². The number of halogens is 3. The van der Waals surface area contributed by atoms with Crippen molar-refractivity contribution in [2.75, 3.05) is 5.32 Å². The third-order valence-electron chi connectivity index (χ3n) is 4.35. The van der Waals surface area contributed by atoms with Crippen molar-refractivity contribution in [1.82, 2.24) is 14.3 Å². The lowest BCUT2D eigenvalue weighted by atomic mass is 10.2. The molecule has 0 saturated heterocycles. The summed E-state index contributed by atoms with van der Waals surface area (Å²) in [6.45, 7) is 0. The Morgan fingerprint density at radius 3 is 2.48 bits per heavy atom. The van der Waals surface area contributed by atoms with Gasteiger partial charge in [-0.05, 0) is 48.5 Å². The van der Waals surface area contributed by atoms with Gasteiger partial charge in [-0.15, -0.1) is 11.3 Å². The number of carbonyl (C=O) groups is 1. The van der Waals surface area contributed by atoms with Crippen LogP contribution in [0, 0.1) is 5.82 Å². The highest BCUT2D eigenvalue weighted by molar-refractivity contribution is 7.92. The molecule has 0 aliphatic rings. The maximum absolute atomic E-state index is 14.8. The van der Waals surface area contributed by atoms with Gasteiger partial charge in [-0.3, -0.25) is 4.79 Å². The second-order valence-electron chi connectivity index (χ2n) is 6.54. The highest BCUT2D eigenvalue weighted by atomic mass is 35.5. The molecule has 0 fully saturated rings. The minimum absolute atomic E-state index is 0.110. The molecular weight excluding hydrogens is 518 g/mol. The molecule has 0 radical (unpaired) electrons. The molecule has 2 aromatic carbocycles. The fraction of sp³-hybridized carbons (Fsp3) is 0. The summed E-state index contributed by atoms with van der Waals surface area (Å²) in [6.07, 6.45) is 0. The van der Waals surface area contributed by atoms with E-state index in [0.717, 1.165) is 23.5 Å². The Balaban J connectivity index is 1.62. The number of urea groups is 1. The first-order chi connectivity index (χ1) is 15.5. The molecule has 9 nitrogen and oxygen atoms in total. The van der Waals surface area contributed by atoms with Gasteiger partial charge in [0.25, 0.3) is 15.6 Å². The van der Waals surface area contributed by atoms with Crippen molar-refractivity contribution in [2.24, 2.45) is 0 Å². The number of anilines is 1. The quantitative estimate of drug-likeness (QED) is 0.371. The molecule has 0 unspecified atom stereocenters. The van der Waals surface area contributed by atoms with Crippen LogP contribution < -0.4 is 21.3 Å². The molecule has 0 bridgehead atoms. The fourth-order valence-corrected chi connectivity index (χ4v) is 5.51. The average Bonchev–Trinajstić information content (AvgIpc) is 3.16. The van der Waals surface area contributed by atoms with Crippen LogP contribution in [0.3, 0.4) is 0 Å². The summed E-state index contributed by atoms with van der Waals surface area (Å²) in [5.41, 5.74) is -1.97. The van der Waals surface area contributed by atoms with E-state index in [2.05, 4.69) is 10.3 Å². The van der Waals surface area contributed by atoms with E-state index in [0.29, 0.717) is 9.59 Å². The predicted molar refractivity (Wildman–Crippen MR) is 124 cm³/mol. The summed E-state index contributed by atoms with van der Waals surface area (Å²) in [5, 5.41) is 2.59. The van der Waals surface area contributed by atoms with Gasteiger partial charge >= 0.3 is 11.7 Å². The van der Waals surface area contributed by atoms with Crippen molar-refractivity contribution in [2.45, 2.75) is 4.21 Å². The van der Waals surface area contributed by atoms with Gasteiger partial charge < -0.3 is 10.3 Å². The molecule has 0 aliphatic carbocycles. The van der Waals surface area contributed by atoms with Gasteiger partial charge in [0.15, 0.2) is 0 Å². The number of sulfonamides is 1. The van der Waals surface area contributed by atoms with Crippen LogP contribution in [0.5, 0.6) is 0 Å². The number of fused-ring (bicyclic) bond motifs is 1. The standard InChI is InChI=1S/C19H11Cl2FN4O5S2/c20-9-1-3-11-13(7-9)24-19(29)26(17(11)27)14-4-2-10(8-12(14)22)23-18(28)25-33(30,31)16-6-5-15(21)32-16/h1-8H,(H,24,29)(H2,23,25,28). The maximum atomic E-state index is 14.8. The summed E-state index contributed by atoms with van der Waals surface area (Å²) < 4.78 is 41.5. The molecule has 2 amide bonds. The molecule has 4 aromatic rings. The second-order valence-corrected chi connectivity index (χ2v) is 10.6. The normalized spacial score (nSPS) is 11.5. The number of thiophene rings is 1. The molecule has 170 valence electrons. The van der Waals surface area contributed by atoms with Gasteiger partial charge in [0.2, 0.25) is 0 Å². The SMILES string of the molecule is O=C(Nc1ccc(-n2c(=O)[nH]c3cc(Cl)ccc3c2=O)c(F)c1)NS(=O)(=O)c1ccc(Cl)s1. The zero-order valence-corrected chi connectivity index (χ0v) is 19.2. The molecule has 0 aliphatic heterocycles. The number of hydrogen-bond donors (Lipinski definition) is 3. The van der Waals surface area contributed by atoms with Crippen LogP contribution in [0.1, 0.15) is 0 Å². The first-order valence-corrected chi connectivity index (χ1v) is 11.9. The zero-order valence-electron chi connectivity index (χ0n) is 16.1. The number of benzene rings is 2. The molecular formula is C19H11Cl2FN4O5S2. The van der Waals surface area contributed by atoms with Crippen molar-refractivity contribution in [3.63, 3.8) is 0 Å². The zero-order chi connectivity index (χ0) is 23.9. The number of aromatic amines is 1. The highest BCUT2D eigenvalue weighted by Crippen LogP contribution is 2.25. The van der Waals surface area contributed by atoms with Crippen molar-refractivity contribution < 1.29 is 17.6 Å². The van der Waals surface area contributed by atoms with Crippen LogP contribution in [-0.2, 0) is 10.0 Å². The van der Waals surface area contributed by atoms with E-state index in [-0.39, 0.29) is 30.8 Å². The lowest BCUT2D eigenvalue weighted by Gasteiger charge is -2.11. The van der Waals surface area contributed by atoms with Gasteiger partial charge in [-0.25, -0.2) is 31.7 Å². The number of carbonyl (C=O) groups excluding carboxylic acids is 1. The van der Waals surface area contributed by atoms with E-state index in [1.54, 1.807) is 4.72 Å². The Morgan fingerprint density at radius 2 is 1.82 bits per heavy atom. The van der Waals surface area contributed by atoms with E-state index >= 15 is 0 Å². The maximum Gasteiger partial charge on any atom is 0.333 e. The first kappa shape index (κ1) is 23.0. The average molecular weight is 529 g/mol. The van der Waals surface area contributed by atoms with E-state index in [1.807, 2.05) is 0 Å². The van der Waals surface area contributed by atoms with E-state index in [9.17, 15) is 27.2 Å². The molecule has 0 atom stereocenters. The van der Waals surface area contributed by atoms with Crippen LogP contribution >= 0.6 is 34.5 Å². The Labute approximate surface area is 198 Å². The fourth-order valence-electron chi connectivity index (χ4n) is 2.95. The van der Waals surface area contributed by atoms with Crippen molar-refractivity contribution in [3.8, 4) is 5.69 Å². The topological polar surface area (TPSA) is 130 Å². The van der Waals surface area contributed by atoms with E-state index < -0.39 is 33.1 Å². The Bertz CT molecular complexity index is 1650. The highest BCUT2D eigenvalue weighted by Gasteiger charge is 2.20. The Kier molecular flexibility index (Phi) is 6.01. The van der Waals surface area contributed by atoms with Crippen LogP contribution in [0.2, 0.25) is 9.36 Å². The molecule has 14 heteroatoms. The summed E-state index contributed by atoms with van der Waals surface area (Å²) in [6, 6.07) is 8.80. The van der Waals surface area contributed by atoms with E-state index in [1.165, 1.54) is 36.4 Å². The Hall–Kier alpha value is -3.19. The van der Waals surface area contributed by atoms with Gasteiger partial charge in [-0.2, -0.15) is 0 Å². The molecule has 2 heterocycles. The molecule has 0 saturated carbocycles. The number of rotatable bonds is 4. The number of aromatic nitrogens is 2. The molecule has 3 N–H and O–H groups in total. The summed E-state index contributed by atoms with van der Waals surface area (Å²) >= 11 is 12.3. The summed E-state index contributed by atoms with van der Waals surface area (Å²) in [7, 11) is -4.18. The summed E-state index contributed by atoms with van der Waals surface area (Å²) in [5.74, 6) is -1.01. The monoisotopic (exact) mass is 528 g/mol. The lowest BCUT2D eigenvalue weighted by Crippen LogP contribution is -2.35. The van der Waals surface area contributed by atoms with Crippen molar-refractivity contribution in [1.29, 1.82) is 0 Å². The van der Waals surface area contributed by atoms with Gasteiger partial charge in [-0.1, -0.05) is 23.2 Å². The molecule has 2 aromatic heterocycles. The minimum atomic E-state index is -4.18. The molecule has 0 spiro atoms. The van der Waals surface area contributed by atoms with Crippen LogP contribution in [0.25, 0.3) is 16.6 Å². The molecule has 33 heavy (non-hydrogen) atoms. The number of nitrogens with one attached hydrogen (secondary N) is 3. The molecule has 4 rings (SSSR count). The second kappa shape index (κ2) is 8.63. The van der Waals surface area contributed by atoms with Gasteiger partial charge in [0.1, 0.15) is 10.0 Å². The van der Waals surface area contributed by atoms with Crippen molar-refractivity contribution in [3.05, 3.63) is 84.5 Å². The third-order valence-corrected chi connectivity index (χ3v) is 7.64. The number of H-pyrrole nitrogens is 1. The van der Waals surface area contributed by atoms with Gasteiger partial charge in [0, 0.05) is 10.7 Å². The van der Waals surface area contributed by atoms with E-state index in [4.69, 9.17) is 23.2 Å². The minimum Gasteiger partial charge on any atom is -0.307 e. The number of hydrogen-bond acceptors (Lipinski definition) is 6. The Morgan fingerprint density at radius 1 is 1.06 bits per heavy atom. The largest absolute Gasteiger partial charge is 0.333 e. The smallest absolute Gasteiger partial charge is 0.307 e. The van der Waals surface area contributed by atoms with Crippen LogP contribution in [0.4, 0.5) is 14.9 Å². The predicted octanol–water partition coefficient (Wildman–Crippen LogP) is 3.70. The van der Waals surface area contributed by atoms with Crippen molar-refractivity contribution >= 4 is 67.2 Å². The van der Waals surface area contributed by atoms with Gasteiger partial charge in [0.05, 0.1) is 20.9 Å². The third kappa shape index (κ3) is 4.64.